The third-order valence-electron chi connectivity index (χ3n) is 11.7. The third-order valence-corrected chi connectivity index (χ3v) is 11.7. The van der Waals surface area contributed by atoms with Crippen LogP contribution in [0.3, 0.4) is 0 Å². The van der Waals surface area contributed by atoms with Crippen molar-refractivity contribution in [3.63, 3.8) is 0 Å². The highest BCUT2D eigenvalue weighted by molar-refractivity contribution is 6.12. The van der Waals surface area contributed by atoms with Crippen LogP contribution in [0.25, 0.3) is 72.2 Å². The summed E-state index contributed by atoms with van der Waals surface area (Å²) < 4.78 is 9.06. The first-order chi connectivity index (χ1) is 27.3. The van der Waals surface area contributed by atoms with Crippen molar-refractivity contribution in [2.75, 3.05) is 0 Å². The maximum Gasteiger partial charge on any atom is 0.160 e. The van der Waals surface area contributed by atoms with Gasteiger partial charge in [0.1, 0.15) is 11.5 Å². The lowest BCUT2D eigenvalue weighted by Gasteiger charge is -2.39. The molecule has 0 amide bonds. The summed E-state index contributed by atoms with van der Waals surface area (Å²) in [5.74, 6) is 2.50. The van der Waals surface area contributed by atoms with E-state index in [2.05, 4.69) is 168 Å². The molecule has 3 heterocycles. The van der Waals surface area contributed by atoms with Crippen LogP contribution in [0.2, 0.25) is 0 Å². The Morgan fingerprint density at radius 2 is 1.05 bits per heavy atom. The van der Waals surface area contributed by atoms with Crippen molar-refractivity contribution in [2.45, 2.75) is 5.41 Å². The van der Waals surface area contributed by atoms with Gasteiger partial charge in [0.2, 0.25) is 0 Å². The number of benzene rings is 8. The molecule has 0 radical (unpaired) electrons. The minimum absolute atomic E-state index is 0.557. The third kappa shape index (κ3) is 4.16. The fourth-order valence-electron chi connectivity index (χ4n) is 9.38. The Labute approximate surface area is 317 Å². The molecule has 1 aliphatic heterocycles. The molecule has 55 heavy (non-hydrogen) atoms. The molecule has 2 aliphatic rings. The Kier molecular flexibility index (Phi) is 6.23. The van der Waals surface area contributed by atoms with Gasteiger partial charge in [0.15, 0.2) is 5.82 Å². The van der Waals surface area contributed by atoms with Crippen molar-refractivity contribution < 1.29 is 4.74 Å². The molecule has 0 bridgehead atoms. The van der Waals surface area contributed by atoms with Crippen molar-refractivity contribution in [2.24, 2.45) is 0 Å². The predicted octanol–water partition coefficient (Wildman–Crippen LogP) is 12.5. The Balaban J connectivity index is 1.17. The Bertz CT molecular complexity index is 3140. The quantitative estimate of drug-likeness (QED) is 0.184. The Hall–Kier alpha value is -7.30. The molecule has 0 saturated carbocycles. The normalized spacial score (nSPS) is 13.4. The topological polar surface area (TPSA) is 39.9 Å². The first-order valence-electron chi connectivity index (χ1n) is 18.7. The molecule has 1 spiro atoms. The van der Waals surface area contributed by atoms with E-state index in [9.17, 15) is 0 Å². The number of ether oxygens (including phenoxy) is 1. The fourth-order valence-corrected chi connectivity index (χ4v) is 9.38. The number of hydrogen-bond acceptors (Lipinski definition) is 3. The lowest BCUT2D eigenvalue weighted by molar-refractivity contribution is 0.436. The van der Waals surface area contributed by atoms with E-state index in [-0.39, 0.29) is 0 Å². The molecule has 0 saturated heterocycles. The molecule has 0 fully saturated rings. The molecule has 1 aliphatic carbocycles. The lowest BCUT2D eigenvalue weighted by Crippen LogP contribution is -2.32. The number of aromatic nitrogens is 3. The molecule has 2 aromatic heterocycles. The Morgan fingerprint density at radius 1 is 0.418 bits per heavy atom. The largest absolute Gasteiger partial charge is 0.457 e. The molecule has 12 rings (SSSR count). The van der Waals surface area contributed by atoms with Crippen molar-refractivity contribution in [3.8, 4) is 51.0 Å². The number of fused-ring (bicyclic) bond motifs is 13. The summed E-state index contributed by atoms with van der Waals surface area (Å²) in [6, 6.07) is 67.0. The van der Waals surface area contributed by atoms with Gasteiger partial charge in [-0.3, -0.25) is 0 Å². The van der Waals surface area contributed by atoms with E-state index < -0.39 is 5.41 Å². The van der Waals surface area contributed by atoms with Gasteiger partial charge in [0.25, 0.3) is 0 Å². The number of para-hydroxylation sites is 3. The first-order valence-corrected chi connectivity index (χ1v) is 18.7. The average Bonchev–Trinajstić information content (AvgIpc) is 3.73. The average molecular weight is 702 g/mol. The van der Waals surface area contributed by atoms with Crippen molar-refractivity contribution in [1.29, 1.82) is 0 Å². The number of rotatable bonds is 3. The predicted molar refractivity (Wildman–Crippen MR) is 222 cm³/mol. The molecule has 8 aromatic carbocycles. The zero-order valence-electron chi connectivity index (χ0n) is 29.6. The van der Waals surface area contributed by atoms with Gasteiger partial charge in [-0.2, -0.15) is 0 Å². The first kappa shape index (κ1) is 30.2. The highest BCUT2D eigenvalue weighted by atomic mass is 16.5. The lowest BCUT2D eigenvalue weighted by atomic mass is 9.66. The smallest absolute Gasteiger partial charge is 0.160 e. The van der Waals surface area contributed by atoms with Gasteiger partial charge >= 0.3 is 0 Å². The summed E-state index contributed by atoms with van der Waals surface area (Å²) in [5, 5.41) is 3.44. The molecule has 0 unspecified atom stereocenters. The van der Waals surface area contributed by atoms with Crippen LogP contribution >= 0.6 is 0 Å². The van der Waals surface area contributed by atoms with Gasteiger partial charge in [0, 0.05) is 44.1 Å². The van der Waals surface area contributed by atoms with E-state index >= 15 is 0 Å². The van der Waals surface area contributed by atoms with E-state index in [1.165, 1.54) is 33.0 Å². The fraction of sp³-hybridized carbons (Fsp3) is 0.0196. The minimum atomic E-state index is -0.557. The van der Waals surface area contributed by atoms with Crippen LogP contribution < -0.4 is 4.74 Å². The summed E-state index contributed by atoms with van der Waals surface area (Å²) in [5.41, 5.74) is 14.0. The van der Waals surface area contributed by atoms with Crippen molar-refractivity contribution in [1.82, 2.24) is 14.5 Å². The van der Waals surface area contributed by atoms with Crippen LogP contribution in [0.4, 0.5) is 0 Å². The van der Waals surface area contributed by atoms with E-state index in [0.717, 1.165) is 67.1 Å². The van der Waals surface area contributed by atoms with Crippen LogP contribution in [0.15, 0.2) is 188 Å². The van der Waals surface area contributed by atoms with Crippen LogP contribution in [0.5, 0.6) is 11.5 Å². The second-order valence-electron chi connectivity index (χ2n) is 14.5. The Morgan fingerprint density at radius 3 is 1.82 bits per heavy atom. The summed E-state index contributed by atoms with van der Waals surface area (Å²) in [6.45, 7) is 0. The summed E-state index contributed by atoms with van der Waals surface area (Å²) >= 11 is 0. The van der Waals surface area contributed by atoms with Gasteiger partial charge in [-0.15, -0.1) is 0 Å². The molecule has 4 heteroatoms. The maximum absolute atomic E-state index is 6.63. The summed E-state index contributed by atoms with van der Waals surface area (Å²) in [6.07, 6.45) is 0. The highest BCUT2D eigenvalue weighted by Gasteiger charge is 2.51. The van der Waals surface area contributed by atoms with Gasteiger partial charge in [-0.25, -0.2) is 9.97 Å². The van der Waals surface area contributed by atoms with Crippen LogP contribution in [-0.2, 0) is 5.41 Å². The van der Waals surface area contributed by atoms with Gasteiger partial charge in [0.05, 0.1) is 27.7 Å². The monoisotopic (exact) mass is 701 g/mol. The number of hydrogen-bond donors (Lipinski definition) is 0. The molecule has 10 aromatic rings. The molecular weight excluding hydrogens is 671 g/mol. The van der Waals surface area contributed by atoms with Gasteiger partial charge < -0.3 is 9.30 Å². The second-order valence-corrected chi connectivity index (χ2v) is 14.5. The van der Waals surface area contributed by atoms with Crippen molar-refractivity contribution >= 4 is 32.7 Å². The molecule has 256 valence electrons. The zero-order valence-corrected chi connectivity index (χ0v) is 29.6. The van der Waals surface area contributed by atoms with E-state index in [1.807, 2.05) is 24.3 Å². The summed E-state index contributed by atoms with van der Waals surface area (Å²) in [4.78, 5) is 10.3. The minimum Gasteiger partial charge on any atom is -0.457 e. The number of nitrogens with zero attached hydrogens (tertiary/aromatic N) is 3. The molecule has 0 atom stereocenters. The van der Waals surface area contributed by atoms with E-state index in [4.69, 9.17) is 14.7 Å². The van der Waals surface area contributed by atoms with Crippen LogP contribution in [0, 0.1) is 0 Å². The standard InChI is InChI=1S/C51H31N3O/c1-3-15-32(16-4-1)49-39-29-34(27-28-44(39)52-50(53-49)33-17-5-2-6-18-33)54-45-24-12-8-20-36(45)38-30-37-35-19-7-9-21-40(35)51(43(37)31-46(38)54)41-22-10-13-25-47(41)55-48-26-14-11-23-42(48)51/h1-31H. The van der Waals surface area contributed by atoms with E-state index in [0.29, 0.717) is 5.82 Å². The van der Waals surface area contributed by atoms with Crippen molar-refractivity contribution in [3.05, 3.63) is 210 Å². The molecular formula is C51H31N3O. The second kappa shape index (κ2) is 11.3. The van der Waals surface area contributed by atoms with E-state index in [1.54, 1.807) is 0 Å². The zero-order chi connectivity index (χ0) is 36.1. The molecule has 0 N–H and O–H groups in total. The van der Waals surface area contributed by atoms with Crippen LogP contribution in [0.1, 0.15) is 22.3 Å². The van der Waals surface area contributed by atoms with Gasteiger partial charge in [-0.05, 0) is 70.8 Å². The van der Waals surface area contributed by atoms with Crippen LogP contribution in [-0.4, -0.2) is 14.5 Å². The maximum atomic E-state index is 6.63. The van der Waals surface area contributed by atoms with Gasteiger partial charge in [-0.1, -0.05) is 140 Å². The summed E-state index contributed by atoms with van der Waals surface area (Å²) in [7, 11) is 0. The SMILES string of the molecule is c1ccc(-c2nc(-c3ccccc3)c3cc(-n4c5ccccc5c5cc6c(cc54)C4(c5ccccc5Oc5ccccc54)c4ccccc4-6)ccc3n2)cc1. The molecule has 4 nitrogen and oxygen atoms in total. The highest BCUT2D eigenvalue weighted by Crippen LogP contribution is 2.62.